The summed E-state index contributed by atoms with van der Waals surface area (Å²) in [4.78, 5) is 23.4. The smallest absolute Gasteiger partial charge is 0.320 e. The largest absolute Gasteiger partial charge is 0.480 e. The second kappa shape index (κ2) is 8.15. The first-order valence-electron chi connectivity index (χ1n) is 7.32. The minimum atomic E-state index is -0.953. The van der Waals surface area contributed by atoms with Crippen molar-refractivity contribution >= 4 is 29.2 Å². The van der Waals surface area contributed by atoms with Gasteiger partial charge in [0.2, 0.25) is 5.91 Å². The normalized spacial score (nSPS) is 13.5. The average Bonchev–Trinajstić information content (AvgIpc) is 2.41. The van der Waals surface area contributed by atoms with Crippen LogP contribution in [0.4, 0.5) is 5.69 Å². The average molecular weight is 327 g/mol. The fourth-order valence-corrected chi connectivity index (χ4v) is 2.62. The Morgan fingerprint density at radius 1 is 1.32 bits per heavy atom. The first kappa shape index (κ1) is 18.5. The lowest BCUT2D eigenvalue weighted by atomic mass is 10.1. The van der Waals surface area contributed by atoms with E-state index in [9.17, 15) is 9.59 Å². The molecule has 2 atom stereocenters. The molecule has 0 heterocycles. The van der Waals surface area contributed by atoms with Crippen LogP contribution in [0.5, 0.6) is 0 Å². The summed E-state index contributed by atoms with van der Waals surface area (Å²) in [5, 5.41) is 15.2. The number of hydrogen-bond donors (Lipinski definition) is 3. The monoisotopic (exact) mass is 326 g/mol. The molecule has 0 spiro atoms. The van der Waals surface area contributed by atoms with Crippen molar-refractivity contribution in [2.75, 3.05) is 5.32 Å². The molecule has 0 fully saturated rings. The highest BCUT2D eigenvalue weighted by atomic mass is 35.5. The maximum absolute atomic E-state index is 12.2. The Hall–Kier alpha value is -1.59. The molecule has 0 saturated carbocycles. The summed E-state index contributed by atoms with van der Waals surface area (Å²) < 4.78 is 0. The molecule has 0 aliphatic rings. The van der Waals surface area contributed by atoms with E-state index in [-0.39, 0.29) is 5.91 Å². The van der Waals surface area contributed by atoms with E-state index in [1.807, 2.05) is 26.8 Å². The van der Waals surface area contributed by atoms with Gasteiger partial charge >= 0.3 is 5.97 Å². The van der Waals surface area contributed by atoms with Crippen LogP contribution in [0.2, 0.25) is 5.02 Å². The van der Waals surface area contributed by atoms with E-state index in [2.05, 4.69) is 10.6 Å². The molecule has 0 radical (unpaired) electrons. The molecule has 0 aromatic heterocycles. The number of aryl methyl sites for hydroxylation is 2. The molecule has 3 N–H and O–H groups in total. The third kappa shape index (κ3) is 5.00. The van der Waals surface area contributed by atoms with Gasteiger partial charge < -0.3 is 10.4 Å². The molecule has 22 heavy (non-hydrogen) atoms. The molecular formula is C16H23ClN2O3. The topological polar surface area (TPSA) is 78.4 Å². The fraction of sp³-hybridized carbons (Fsp3) is 0.500. The molecule has 0 saturated heterocycles. The SMILES string of the molecule is CCCC(NC(C)C(=O)Nc1c(C)cc(C)cc1Cl)C(=O)O. The van der Waals surface area contributed by atoms with Crippen molar-refractivity contribution in [3.63, 3.8) is 0 Å². The molecule has 1 aromatic rings. The minimum absolute atomic E-state index is 0.309. The number of nitrogens with one attached hydrogen (secondary N) is 2. The van der Waals surface area contributed by atoms with E-state index in [0.717, 1.165) is 17.5 Å². The molecule has 0 aliphatic carbocycles. The zero-order chi connectivity index (χ0) is 16.9. The summed E-state index contributed by atoms with van der Waals surface area (Å²) in [7, 11) is 0. The van der Waals surface area contributed by atoms with Crippen molar-refractivity contribution < 1.29 is 14.7 Å². The summed E-state index contributed by atoms with van der Waals surface area (Å²) in [6.07, 6.45) is 1.19. The van der Waals surface area contributed by atoms with Crippen molar-refractivity contribution in [1.82, 2.24) is 5.32 Å². The van der Waals surface area contributed by atoms with Gasteiger partial charge in [-0.25, -0.2) is 0 Å². The van der Waals surface area contributed by atoms with Gasteiger partial charge in [0, 0.05) is 0 Å². The highest BCUT2D eigenvalue weighted by Crippen LogP contribution is 2.27. The van der Waals surface area contributed by atoms with Crippen LogP contribution in [-0.2, 0) is 9.59 Å². The Bertz CT molecular complexity index is 537. The number of rotatable bonds is 7. The molecule has 2 unspecified atom stereocenters. The van der Waals surface area contributed by atoms with Crippen LogP contribution in [0.1, 0.15) is 37.8 Å². The van der Waals surface area contributed by atoms with Crippen LogP contribution >= 0.6 is 11.6 Å². The third-order valence-corrected chi connectivity index (χ3v) is 3.70. The van der Waals surface area contributed by atoms with E-state index in [1.165, 1.54) is 0 Å². The van der Waals surface area contributed by atoms with Gasteiger partial charge in [0.25, 0.3) is 0 Å². The van der Waals surface area contributed by atoms with Crippen molar-refractivity contribution in [2.45, 2.75) is 52.6 Å². The van der Waals surface area contributed by atoms with Gasteiger partial charge in [-0.3, -0.25) is 14.9 Å². The quantitative estimate of drug-likeness (QED) is 0.719. The lowest BCUT2D eigenvalue weighted by Crippen LogP contribution is -2.47. The minimum Gasteiger partial charge on any atom is -0.480 e. The van der Waals surface area contributed by atoms with E-state index in [0.29, 0.717) is 17.1 Å². The molecule has 1 aromatic carbocycles. The summed E-state index contributed by atoms with van der Waals surface area (Å²) in [5.41, 5.74) is 2.45. The van der Waals surface area contributed by atoms with Gasteiger partial charge in [0.1, 0.15) is 6.04 Å². The summed E-state index contributed by atoms with van der Waals surface area (Å²) in [6, 6.07) is 2.33. The Balaban J connectivity index is 2.78. The van der Waals surface area contributed by atoms with Crippen LogP contribution in [0, 0.1) is 13.8 Å². The van der Waals surface area contributed by atoms with Gasteiger partial charge in [0.05, 0.1) is 16.8 Å². The Kier molecular flexibility index (Phi) is 6.84. The van der Waals surface area contributed by atoms with E-state index >= 15 is 0 Å². The summed E-state index contributed by atoms with van der Waals surface area (Å²) in [6.45, 7) is 7.33. The van der Waals surface area contributed by atoms with E-state index in [1.54, 1.807) is 13.0 Å². The predicted molar refractivity (Wildman–Crippen MR) is 88.5 cm³/mol. The lowest BCUT2D eigenvalue weighted by Gasteiger charge is -2.20. The Labute approximate surface area is 136 Å². The van der Waals surface area contributed by atoms with Crippen molar-refractivity contribution in [1.29, 1.82) is 0 Å². The molecule has 6 heteroatoms. The number of halogens is 1. The zero-order valence-electron chi connectivity index (χ0n) is 13.4. The maximum atomic E-state index is 12.2. The third-order valence-electron chi connectivity index (χ3n) is 3.40. The number of benzene rings is 1. The number of aliphatic carboxylic acids is 1. The van der Waals surface area contributed by atoms with Crippen molar-refractivity contribution in [2.24, 2.45) is 0 Å². The van der Waals surface area contributed by atoms with Crippen LogP contribution in [-0.4, -0.2) is 29.1 Å². The highest BCUT2D eigenvalue weighted by Gasteiger charge is 2.23. The van der Waals surface area contributed by atoms with Crippen LogP contribution in [0.15, 0.2) is 12.1 Å². The lowest BCUT2D eigenvalue weighted by molar-refractivity contribution is -0.140. The number of carboxylic acids is 1. The predicted octanol–water partition coefficient (Wildman–Crippen LogP) is 3.13. The zero-order valence-corrected chi connectivity index (χ0v) is 14.1. The van der Waals surface area contributed by atoms with Gasteiger partial charge in [-0.2, -0.15) is 0 Å². The van der Waals surface area contributed by atoms with Gasteiger partial charge in [-0.15, -0.1) is 0 Å². The number of anilines is 1. The van der Waals surface area contributed by atoms with Gasteiger partial charge in [-0.1, -0.05) is 31.0 Å². The number of amides is 1. The molecule has 5 nitrogen and oxygen atoms in total. The van der Waals surface area contributed by atoms with Gasteiger partial charge in [0.15, 0.2) is 0 Å². The van der Waals surface area contributed by atoms with E-state index < -0.39 is 18.1 Å². The fourth-order valence-electron chi connectivity index (χ4n) is 2.25. The molecule has 0 aliphatic heterocycles. The van der Waals surface area contributed by atoms with Crippen LogP contribution in [0.3, 0.4) is 0 Å². The number of carbonyl (C=O) groups excluding carboxylic acids is 1. The Morgan fingerprint density at radius 2 is 1.95 bits per heavy atom. The summed E-state index contributed by atoms with van der Waals surface area (Å²) >= 11 is 6.16. The standard InChI is InChI=1S/C16H23ClN2O3/c1-5-6-13(16(21)22)18-11(4)15(20)19-14-10(3)7-9(2)8-12(14)17/h7-8,11,13,18H,5-6H2,1-4H3,(H,19,20)(H,21,22). The second-order valence-electron chi connectivity index (χ2n) is 5.50. The molecule has 122 valence electrons. The first-order valence-corrected chi connectivity index (χ1v) is 7.70. The number of carboxylic acid groups (broad SMARTS) is 1. The number of carbonyl (C=O) groups is 2. The second-order valence-corrected chi connectivity index (χ2v) is 5.90. The number of hydrogen-bond acceptors (Lipinski definition) is 3. The molecule has 0 bridgehead atoms. The molecular weight excluding hydrogens is 304 g/mol. The van der Waals surface area contributed by atoms with Crippen LogP contribution < -0.4 is 10.6 Å². The van der Waals surface area contributed by atoms with Crippen molar-refractivity contribution in [3.05, 3.63) is 28.3 Å². The molecule has 1 amide bonds. The van der Waals surface area contributed by atoms with Crippen molar-refractivity contribution in [3.8, 4) is 0 Å². The summed E-state index contributed by atoms with van der Waals surface area (Å²) in [5.74, 6) is -1.26. The van der Waals surface area contributed by atoms with E-state index in [4.69, 9.17) is 16.7 Å². The first-order chi connectivity index (χ1) is 10.3. The maximum Gasteiger partial charge on any atom is 0.320 e. The highest BCUT2D eigenvalue weighted by molar-refractivity contribution is 6.34. The van der Waals surface area contributed by atoms with Crippen LogP contribution in [0.25, 0.3) is 0 Å². The Morgan fingerprint density at radius 3 is 2.45 bits per heavy atom. The van der Waals surface area contributed by atoms with Gasteiger partial charge in [-0.05, 0) is 44.4 Å². The molecule has 1 rings (SSSR count).